The molecule has 222 valence electrons. The van der Waals surface area contributed by atoms with Gasteiger partial charge in [-0.25, -0.2) is 4.79 Å². The Hall–Kier alpha value is -4.12. The lowest BCUT2D eigenvalue weighted by molar-refractivity contribution is -0.385. The maximum atomic E-state index is 12.6. The summed E-state index contributed by atoms with van der Waals surface area (Å²) in [6.45, 7) is 5.24. The smallest absolute Gasteiger partial charge is 0.410 e. The summed E-state index contributed by atoms with van der Waals surface area (Å²) < 4.78 is 12.7. The van der Waals surface area contributed by atoms with Crippen LogP contribution in [0.4, 0.5) is 16.2 Å². The van der Waals surface area contributed by atoms with Gasteiger partial charge in [0.1, 0.15) is 6.61 Å². The van der Waals surface area contributed by atoms with Crippen LogP contribution in [0.1, 0.15) is 31.2 Å². The number of carbonyl (C=O) groups excluding carboxylic acids is 1. The molecule has 0 atom stereocenters. The SMILES string of the molecule is COc1cc(N2CCC3(CC2)CC(N2CCN(C(=O)OCc4ccccc4)CC2)C3)c(-c2cnn(C)c2)cc1[N+](=O)[O-]. The molecule has 6 rings (SSSR count). The van der Waals surface area contributed by atoms with Crippen molar-refractivity contribution in [2.75, 3.05) is 51.3 Å². The van der Waals surface area contributed by atoms with E-state index in [2.05, 4.69) is 14.9 Å². The summed E-state index contributed by atoms with van der Waals surface area (Å²) >= 11 is 0. The van der Waals surface area contributed by atoms with Crippen molar-refractivity contribution >= 4 is 17.5 Å². The molecule has 0 unspecified atom stereocenters. The number of piperidine rings is 1. The number of aromatic nitrogens is 2. The van der Waals surface area contributed by atoms with E-state index in [1.807, 2.05) is 54.5 Å². The zero-order valence-corrected chi connectivity index (χ0v) is 24.3. The Morgan fingerprint density at radius 1 is 1.07 bits per heavy atom. The topological polar surface area (TPSA) is 106 Å². The Kier molecular flexibility index (Phi) is 7.76. The van der Waals surface area contributed by atoms with Crippen LogP contribution in [-0.2, 0) is 18.4 Å². The second-order valence-corrected chi connectivity index (χ2v) is 11.8. The maximum Gasteiger partial charge on any atom is 0.410 e. The minimum Gasteiger partial charge on any atom is -0.490 e. The summed E-state index contributed by atoms with van der Waals surface area (Å²) in [5.74, 6) is 0.273. The summed E-state index contributed by atoms with van der Waals surface area (Å²) in [4.78, 5) is 30.6. The highest BCUT2D eigenvalue weighted by molar-refractivity contribution is 5.82. The van der Waals surface area contributed by atoms with Gasteiger partial charge in [-0.1, -0.05) is 30.3 Å². The third-order valence-corrected chi connectivity index (χ3v) is 9.31. The van der Waals surface area contributed by atoms with E-state index in [-0.39, 0.29) is 17.5 Å². The minimum atomic E-state index is -0.393. The van der Waals surface area contributed by atoms with Crippen molar-refractivity contribution in [1.82, 2.24) is 19.6 Å². The van der Waals surface area contributed by atoms with Gasteiger partial charge in [0, 0.05) is 87.5 Å². The van der Waals surface area contributed by atoms with Gasteiger partial charge < -0.3 is 19.3 Å². The van der Waals surface area contributed by atoms with Gasteiger partial charge in [-0.2, -0.15) is 5.10 Å². The highest BCUT2D eigenvalue weighted by Gasteiger charge is 2.48. The summed E-state index contributed by atoms with van der Waals surface area (Å²) in [5.41, 5.74) is 3.90. The van der Waals surface area contributed by atoms with E-state index >= 15 is 0 Å². The van der Waals surface area contributed by atoms with Crippen LogP contribution < -0.4 is 9.64 Å². The molecule has 3 aromatic rings. The van der Waals surface area contributed by atoms with Gasteiger partial charge in [0.05, 0.1) is 18.2 Å². The average Bonchev–Trinajstić information content (AvgIpc) is 3.44. The first-order valence-corrected chi connectivity index (χ1v) is 14.6. The number of amides is 1. The lowest BCUT2D eigenvalue weighted by atomic mass is 9.60. The molecule has 3 aliphatic rings. The van der Waals surface area contributed by atoms with Crippen molar-refractivity contribution in [2.45, 2.75) is 38.3 Å². The van der Waals surface area contributed by atoms with E-state index in [0.29, 0.717) is 31.2 Å². The normalized spacial score (nSPS) is 19.0. The van der Waals surface area contributed by atoms with E-state index < -0.39 is 4.92 Å². The number of aryl methyl sites for hydroxylation is 1. The van der Waals surface area contributed by atoms with Crippen molar-refractivity contribution in [2.24, 2.45) is 12.5 Å². The Morgan fingerprint density at radius 2 is 1.79 bits per heavy atom. The van der Waals surface area contributed by atoms with Crippen molar-refractivity contribution in [3.8, 4) is 16.9 Å². The van der Waals surface area contributed by atoms with Crippen LogP contribution in [0.2, 0.25) is 0 Å². The Morgan fingerprint density at radius 3 is 2.40 bits per heavy atom. The third-order valence-electron chi connectivity index (χ3n) is 9.31. The molecular formula is C31H38N6O5. The van der Waals surface area contributed by atoms with Crippen LogP contribution in [0, 0.1) is 15.5 Å². The molecule has 1 aromatic heterocycles. The van der Waals surface area contributed by atoms with Crippen LogP contribution in [0.15, 0.2) is 54.9 Å². The van der Waals surface area contributed by atoms with Gasteiger partial charge in [-0.3, -0.25) is 19.7 Å². The molecule has 2 saturated heterocycles. The second kappa shape index (κ2) is 11.6. The first-order chi connectivity index (χ1) is 20.3. The van der Waals surface area contributed by atoms with Crippen molar-refractivity contribution in [3.63, 3.8) is 0 Å². The fraction of sp³-hybridized carbons (Fsp3) is 0.484. The van der Waals surface area contributed by atoms with Gasteiger partial charge in [-0.05, 0) is 36.7 Å². The number of hydrogen-bond acceptors (Lipinski definition) is 8. The molecule has 1 spiro atoms. The first kappa shape index (κ1) is 28.0. The van der Waals surface area contributed by atoms with Gasteiger partial charge in [0.25, 0.3) is 0 Å². The summed E-state index contributed by atoms with van der Waals surface area (Å²) in [5, 5.41) is 16.0. The number of nitrogens with zero attached hydrogens (tertiary/aromatic N) is 6. The Bertz CT molecular complexity index is 1420. The number of rotatable bonds is 7. The Balaban J connectivity index is 1.03. The van der Waals surface area contributed by atoms with Crippen LogP contribution in [-0.4, -0.2) is 83.0 Å². The number of hydrogen-bond donors (Lipinski definition) is 0. The Labute approximate surface area is 245 Å². The zero-order chi connectivity index (χ0) is 29.3. The molecule has 1 aliphatic carbocycles. The molecule has 2 aliphatic heterocycles. The number of piperazine rings is 1. The monoisotopic (exact) mass is 574 g/mol. The number of carbonyl (C=O) groups is 1. The van der Waals surface area contributed by atoms with Crippen LogP contribution in [0.25, 0.3) is 11.1 Å². The lowest BCUT2D eigenvalue weighted by Gasteiger charge is -2.56. The lowest BCUT2D eigenvalue weighted by Crippen LogP contribution is -2.59. The second-order valence-electron chi connectivity index (χ2n) is 11.8. The number of ether oxygens (including phenoxy) is 2. The van der Waals surface area contributed by atoms with Crippen molar-refractivity contribution in [1.29, 1.82) is 0 Å². The number of anilines is 1. The highest BCUT2D eigenvalue weighted by atomic mass is 16.6. The zero-order valence-electron chi connectivity index (χ0n) is 24.3. The third kappa shape index (κ3) is 5.65. The van der Waals surface area contributed by atoms with Gasteiger partial charge in [0.2, 0.25) is 0 Å². The van der Waals surface area contributed by atoms with Gasteiger partial charge in [0.15, 0.2) is 5.75 Å². The number of nitro groups is 1. The number of benzene rings is 2. The summed E-state index contributed by atoms with van der Waals surface area (Å²) in [6.07, 6.45) is 7.93. The molecule has 1 saturated carbocycles. The quantitative estimate of drug-likeness (QED) is 0.295. The predicted octanol–water partition coefficient (Wildman–Crippen LogP) is 4.71. The number of nitro benzene ring substituents is 1. The van der Waals surface area contributed by atoms with E-state index in [4.69, 9.17) is 9.47 Å². The van der Waals surface area contributed by atoms with Crippen LogP contribution in [0.3, 0.4) is 0 Å². The molecule has 0 bridgehead atoms. The molecule has 11 heteroatoms. The van der Waals surface area contributed by atoms with Crippen molar-refractivity contribution < 1.29 is 19.2 Å². The van der Waals surface area contributed by atoms with E-state index in [9.17, 15) is 14.9 Å². The predicted molar refractivity (Wildman–Crippen MR) is 159 cm³/mol. The average molecular weight is 575 g/mol. The summed E-state index contributed by atoms with van der Waals surface area (Å²) in [7, 11) is 3.32. The molecule has 2 aromatic carbocycles. The fourth-order valence-corrected chi connectivity index (χ4v) is 6.83. The standard InChI is InChI=1S/C31H38N6O5/c1-33-21-24(20-32-33)26-16-28(37(39)40)29(41-2)17-27(26)35-10-8-31(9-11-35)18-25(19-31)34-12-14-36(15-13-34)30(38)42-22-23-6-4-3-5-7-23/h3-7,16-17,20-21,25H,8-15,18-19,22H2,1-2H3. The highest BCUT2D eigenvalue weighted by Crippen LogP contribution is 2.52. The van der Waals surface area contributed by atoms with E-state index in [1.54, 1.807) is 16.9 Å². The van der Waals surface area contributed by atoms with E-state index in [0.717, 1.165) is 61.4 Å². The largest absolute Gasteiger partial charge is 0.490 e. The molecule has 0 radical (unpaired) electrons. The molecule has 42 heavy (non-hydrogen) atoms. The molecule has 3 heterocycles. The molecule has 3 fully saturated rings. The van der Waals surface area contributed by atoms with Gasteiger partial charge in [-0.15, -0.1) is 0 Å². The fourth-order valence-electron chi connectivity index (χ4n) is 6.83. The molecule has 0 N–H and O–H groups in total. The molecular weight excluding hydrogens is 536 g/mol. The first-order valence-electron chi connectivity index (χ1n) is 14.6. The maximum absolute atomic E-state index is 12.6. The van der Waals surface area contributed by atoms with Gasteiger partial charge >= 0.3 is 11.8 Å². The number of methoxy groups -OCH3 is 1. The van der Waals surface area contributed by atoms with Crippen LogP contribution in [0.5, 0.6) is 5.75 Å². The van der Waals surface area contributed by atoms with E-state index in [1.165, 1.54) is 20.0 Å². The summed E-state index contributed by atoms with van der Waals surface area (Å²) in [6, 6.07) is 13.8. The van der Waals surface area contributed by atoms with Crippen molar-refractivity contribution in [3.05, 3.63) is 70.5 Å². The minimum absolute atomic E-state index is 0.0417. The molecule has 11 nitrogen and oxygen atoms in total. The van der Waals surface area contributed by atoms with Crippen LogP contribution >= 0.6 is 0 Å². The molecule has 1 amide bonds.